The van der Waals surface area contributed by atoms with E-state index in [9.17, 15) is 8.42 Å². The first kappa shape index (κ1) is 13.0. The number of rotatable bonds is 6. The Hall–Kier alpha value is -0.460. The lowest BCUT2D eigenvalue weighted by atomic mass is 10.2. The summed E-state index contributed by atoms with van der Waals surface area (Å²) >= 11 is 1.54. The monoisotopic (exact) mass is 274 g/mol. The van der Waals surface area contributed by atoms with Gasteiger partial charge in [0.2, 0.25) is 0 Å². The average molecular weight is 274 g/mol. The first-order valence-electron chi connectivity index (χ1n) is 5.86. The Bertz CT molecular complexity index is 490. The molecule has 1 aromatic heterocycles. The third-order valence-corrected chi connectivity index (χ3v) is 4.71. The second kappa shape index (κ2) is 5.04. The van der Waals surface area contributed by atoms with Crippen molar-refractivity contribution in [1.82, 2.24) is 10.3 Å². The van der Waals surface area contributed by atoms with E-state index in [1.807, 2.05) is 0 Å². The third kappa shape index (κ3) is 3.76. The highest BCUT2D eigenvalue weighted by atomic mass is 32.2. The van der Waals surface area contributed by atoms with Gasteiger partial charge in [-0.15, -0.1) is 11.3 Å². The molecule has 0 spiro atoms. The Morgan fingerprint density at radius 2 is 2.18 bits per heavy atom. The molecule has 1 heterocycles. The normalized spacial score (nSPS) is 16.4. The van der Waals surface area contributed by atoms with Gasteiger partial charge in [0.25, 0.3) is 0 Å². The first-order valence-corrected chi connectivity index (χ1v) is 8.74. The van der Waals surface area contributed by atoms with E-state index in [2.05, 4.69) is 17.2 Å². The molecular weight excluding hydrogens is 256 g/mol. The minimum atomic E-state index is -2.98. The topological polar surface area (TPSA) is 59.1 Å². The average Bonchev–Trinajstić information content (AvgIpc) is 2.97. The maximum absolute atomic E-state index is 11.3. The molecule has 0 unspecified atom stereocenters. The minimum absolute atomic E-state index is 0.0729. The van der Waals surface area contributed by atoms with Gasteiger partial charge in [-0.05, 0) is 19.4 Å². The molecule has 4 nitrogen and oxygen atoms in total. The molecule has 0 bridgehead atoms. The van der Waals surface area contributed by atoms with Crippen LogP contribution in [0, 0.1) is 0 Å². The predicted octanol–water partition coefficient (Wildman–Crippen LogP) is 1.67. The summed E-state index contributed by atoms with van der Waals surface area (Å²) in [6, 6.07) is 0. The fourth-order valence-corrected chi connectivity index (χ4v) is 4.05. The quantitative estimate of drug-likeness (QED) is 0.857. The zero-order valence-corrected chi connectivity index (χ0v) is 11.8. The molecule has 17 heavy (non-hydrogen) atoms. The number of nitrogens with one attached hydrogen (secondary N) is 1. The van der Waals surface area contributed by atoms with E-state index >= 15 is 0 Å². The SMILES string of the molecule is CCNCc1sc(CS(C)(=O)=O)nc1C1CC1. The van der Waals surface area contributed by atoms with Crippen molar-refractivity contribution in [1.29, 1.82) is 0 Å². The van der Waals surface area contributed by atoms with Gasteiger partial charge in [0, 0.05) is 23.6 Å². The van der Waals surface area contributed by atoms with Crippen LogP contribution < -0.4 is 5.32 Å². The Morgan fingerprint density at radius 1 is 1.47 bits per heavy atom. The molecule has 1 N–H and O–H groups in total. The molecule has 0 saturated heterocycles. The van der Waals surface area contributed by atoms with Crippen molar-refractivity contribution in [3.05, 3.63) is 15.6 Å². The molecule has 1 saturated carbocycles. The summed E-state index contributed by atoms with van der Waals surface area (Å²) in [4.78, 5) is 5.73. The zero-order valence-electron chi connectivity index (χ0n) is 10.2. The largest absolute Gasteiger partial charge is 0.312 e. The second-order valence-corrected chi connectivity index (χ2v) is 7.85. The lowest BCUT2D eigenvalue weighted by Crippen LogP contribution is -2.11. The van der Waals surface area contributed by atoms with Crippen LogP contribution in [0.5, 0.6) is 0 Å². The molecule has 2 rings (SSSR count). The maximum atomic E-state index is 11.3. The molecule has 1 aromatic rings. The smallest absolute Gasteiger partial charge is 0.153 e. The van der Waals surface area contributed by atoms with Crippen LogP contribution in [0.3, 0.4) is 0 Å². The van der Waals surface area contributed by atoms with Gasteiger partial charge in [-0.1, -0.05) is 6.92 Å². The number of hydrogen-bond donors (Lipinski definition) is 1. The summed E-state index contributed by atoms with van der Waals surface area (Å²) in [6.45, 7) is 3.79. The van der Waals surface area contributed by atoms with Gasteiger partial charge in [-0.2, -0.15) is 0 Å². The van der Waals surface area contributed by atoms with Crippen molar-refractivity contribution < 1.29 is 8.42 Å². The van der Waals surface area contributed by atoms with Gasteiger partial charge >= 0.3 is 0 Å². The van der Waals surface area contributed by atoms with Gasteiger partial charge in [-0.3, -0.25) is 0 Å². The van der Waals surface area contributed by atoms with Crippen LogP contribution in [0.1, 0.15) is 41.3 Å². The number of thiazole rings is 1. The lowest BCUT2D eigenvalue weighted by molar-refractivity contribution is 0.601. The summed E-state index contributed by atoms with van der Waals surface area (Å²) in [5.74, 6) is 0.650. The predicted molar refractivity (Wildman–Crippen MR) is 70.0 cm³/mol. The number of hydrogen-bond acceptors (Lipinski definition) is 5. The van der Waals surface area contributed by atoms with E-state index in [0.29, 0.717) is 5.92 Å². The molecule has 0 radical (unpaired) electrons. The van der Waals surface area contributed by atoms with Gasteiger partial charge in [-0.25, -0.2) is 13.4 Å². The zero-order chi connectivity index (χ0) is 12.5. The molecule has 0 aliphatic heterocycles. The molecule has 6 heteroatoms. The van der Waals surface area contributed by atoms with Crippen molar-refractivity contribution in [2.45, 2.75) is 38.0 Å². The van der Waals surface area contributed by atoms with Crippen LogP contribution in [0.2, 0.25) is 0 Å². The molecule has 0 atom stereocenters. The Balaban J connectivity index is 2.18. The van der Waals surface area contributed by atoms with Crippen LogP contribution in [-0.2, 0) is 22.1 Å². The standard InChI is InChI=1S/C11H18N2O2S2/c1-3-12-6-9-11(8-4-5-8)13-10(16-9)7-17(2,14)15/h8,12H,3-7H2,1-2H3. The number of sulfone groups is 1. The Morgan fingerprint density at radius 3 is 2.71 bits per heavy atom. The third-order valence-electron chi connectivity index (χ3n) is 2.66. The van der Waals surface area contributed by atoms with Gasteiger partial charge in [0.05, 0.1) is 5.69 Å². The summed E-state index contributed by atoms with van der Waals surface area (Å²) in [6.07, 6.45) is 3.65. The van der Waals surface area contributed by atoms with Crippen molar-refractivity contribution in [2.24, 2.45) is 0 Å². The summed E-state index contributed by atoms with van der Waals surface area (Å²) in [5, 5.41) is 4.02. The highest BCUT2D eigenvalue weighted by Gasteiger charge is 2.29. The van der Waals surface area contributed by atoms with Crippen molar-refractivity contribution >= 4 is 21.2 Å². The molecule has 1 aliphatic carbocycles. The van der Waals surface area contributed by atoms with E-state index in [-0.39, 0.29) is 5.75 Å². The Labute approximate surface area is 106 Å². The fraction of sp³-hybridized carbons (Fsp3) is 0.727. The molecule has 96 valence electrons. The Kier molecular flexibility index (Phi) is 3.85. The maximum Gasteiger partial charge on any atom is 0.153 e. The molecule has 0 amide bonds. The van der Waals surface area contributed by atoms with Crippen LogP contribution in [0.25, 0.3) is 0 Å². The van der Waals surface area contributed by atoms with E-state index in [1.54, 1.807) is 11.3 Å². The summed E-state index contributed by atoms with van der Waals surface area (Å²) in [5.41, 5.74) is 1.13. The van der Waals surface area contributed by atoms with E-state index < -0.39 is 9.84 Å². The van der Waals surface area contributed by atoms with E-state index in [1.165, 1.54) is 24.0 Å². The highest BCUT2D eigenvalue weighted by molar-refractivity contribution is 7.90. The molecular formula is C11H18N2O2S2. The van der Waals surface area contributed by atoms with Crippen LogP contribution in [0.4, 0.5) is 0 Å². The van der Waals surface area contributed by atoms with Gasteiger partial charge < -0.3 is 5.32 Å². The fourth-order valence-electron chi connectivity index (χ4n) is 1.74. The van der Waals surface area contributed by atoms with Gasteiger partial charge in [0.1, 0.15) is 10.8 Å². The number of aromatic nitrogens is 1. The highest BCUT2D eigenvalue weighted by Crippen LogP contribution is 2.42. The second-order valence-electron chi connectivity index (χ2n) is 4.54. The number of nitrogens with zero attached hydrogens (tertiary/aromatic N) is 1. The van der Waals surface area contributed by atoms with E-state index in [0.717, 1.165) is 23.8 Å². The summed E-state index contributed by atoms with van der Waals surface area (Å²) in [7, 11) is -2.98. The lowest BCUT2D eigenvalue weighted by Gasteiger charge is -2.00. The van der Waals surface area contributed by atoms with Crippen molar-refractivity contribution in [2.75, 3.05) is 12.8 Å². The first-order chi connectivity index (χ1) is 7.99. The van der Waals surface area contributed by atoms with E-state index in [4.69, 9.17) is 0 Å². The van der Waals surface area contributed by atoms with Crippen LogP contribution in [-0.4, -0.2) is 26.2 Å². The molecule has 0 aromatic carbocycles. The molecule has 1 aliphatic rings. The van der Waals surface area contributed by atoms with Crippen LogP contribution in [0.15, 0.2) is 0 Å². The molecule has 1 fully saturated rings. The van der Waals surface area contributed by atoms with Crippen LogP contribution >= 0.6 is 11.3 Å². The summed E-state index contributed by atoms with van der Waals surface area (Å²) < 4.78 is 22.5. The van der Waals surface area contributed by atoms with Crippen molar-refractivity contribution in [3.63, 3.8) is 0 Å². The minimum Gasteiger partial charge on any atom is -0.312 e. The van der Waals surface area contributed by atoms with Gasteiger partial charge in [0.15, 0.2) is 9.84 Å². The van der Waals surface area contributed by atoms with Crippen molar-refractivity contribution in [3.8, 4) is 0 Å².